The fourth-order valence-electron chi connectivity index (χ4n) is 7.76. The third-order valence-corrected chi connectivity index (χ3v) is 23.5. The van der Waals surface area contributed by atoms with Gasteiger partial charge in [0.2, 0.25) is 0 Å². The molecule has 0 aromatic heterocycles. The van der Waals surface area contributed by atoms with Gasteiger partial charge in [-0.2, -0.15) is 8.42 Å². The molecule has 6 atom stereocenters. The Bertz CT molecular complexity index is 1290. The molecule has 2 rings (SSSR count). The largest absolute Gasteiger partial charge is 0.416 e. The first-order valence-corrected chi connectivity index (χ1v) is 29.6. The summed E-state index contributed by atoms with van der Waals surface area (Å²) in [7, 11) is -9.83. The van der Waals surface area contributed by atoms with Crippen LogP contribution in [0.15, 0.2) is 0 Å². The summed E-state index contributed by atoms with van der Waals surface area (Å²) >= 11 is 0. The monoisotopic (exact) mass is 744 g/mol. The molecule has 10 heteroatoms. The summed E-state index contributed by atoms with van der Waals surface area (Å²) < 4.78 is 45.6. The van der Waals surface area contributed by atoms with Gasteiger partial charge >= 0.3 is 0 Å². The van der Waals surface area contributed by atoms with Crippen molar-refractivity contribution in [1.29, 1.82) is 0 Å². The summed E-state index contributed by atoms with van der Waals surface area (Å²) in [5.74, 6) is 3.21. The average Bonchev–Trinajstić information content (AvgIpc) is 2.85. The predicted molar refractivity (Wildman–Crippen MR) is 211 cm³/mol. The summed E-state index contributed by atoms with van der Waals surface area (Å²) in [5, 5.41) is 13.7. The quantitative estimate of drug-likeness (QED) is 0.129. The molecule has 0 saturated heterocycles. The van der Waals surface area contributed by atoms with Gasteiger partial charge in [0, 0.05) is 12.0 Å². The molecule has 2 fully saturated rings. The highest BCUT2D eigenvalue weighted by Crippen LogP contribution is 2.65. The Kier molecular flexibility index (Phi) is 13.0. The van der Waals surface area contributed by atoms with Crippen LogP contribution < -0.4 is 0 Å². The summed E-state index contributed by atoms with van der Waals surface area (Å²) in [6, 6.07) is 0. The van der Waals surface area contributed by atoms with Crippen LogP contribution in [0.4, 0.5) is 0 Å². The van der Waals surface area contributed by atoms with Gasteiger partial charge in [0.15, 0.2) is 22.7 Å². The minimum absolute atomic E-state index is 0.0611. The molecule has 6 nitrogen and oxygen atoms in total. The molecule has 0 heterocycles. The standard InChI is InChI=1S/C38H76O6SSi3/c1-33(2,3)47(16,17)42-28-35(7,8)25-22-29-20-21-30-36(9,10)31(44-48(18,19)34(4,5)6)23-26-37(30,11)38(29,39)32(43-45(12,40)41)24-27-46(13,14)15/h29-32,39H,20-23,25-26,28H2,1-19H3/t29-,30-,31+,32+,37-,38-/m0/s1. The van der Waals surface area contributed by atoms with Crippen molar-refractivity contribution in [3.05, 3.63) is 0 Å². The van der Waals surface area contributed by atoms with Crippen LogP contribution in [0.25, 0.3) is 0 Å². The molecular formula is C38H76O6SSi3. The predicted octanol–water partition coefficient (Wildman–Crippen LogP) is 10.0. The maximum Gasteiger partial charge on any atom is 0.265 e. The zero-order valence-corrected chi connectivity index (χ0v) is 38.5. The van der Waals surface area contributed by atoms with Crippen molar-refractivity contribution in [3.8, 4) is 11.5 Å². The van der Waals surface area contributed by atoms with Crippen molar-refractivity contribution in [2.75, 3.05) is 12.9 Å². The average molecular weight is 745 g/mol. The van der Waals surface area contributed by atoms with Crippen molar-refractivity contribution >= 4 is 34.8 Å². The van der Waals surface area contributed by atoms with Gasteiger partial charge < -0.3 is 14.0 Å². The Labute approximate surface area is 301 Å². The number of fused-ring (bicyclic) bond motifs is 1. The molecule has 0 unspecified atom stereocenters. The molecule has 282 valence electrons. The summed E-state index contributed by atoms with van der Waals surface area (Å²) in [4.78, 5) is 0. The van der Waals surface area contributed by atoms with E-state index in [1.807, 2.05) is 0 Å². The van der Waals surface area contributed by atoms with Gasteiger partial charge in [-0.15, -0.1) is 5.54 Å². The lowest BCUT2D eigenvalue weighted by Crippen LogP contribution is -2.70. The Morgan fingerprint density at radius 2 is 1.38 bits per heavy atom. The van der Waals surface area contributed by atoms with Crippen molar-refractivity contribution in [2.24, 2.45) is 28.1 Å². The topological polar surface area (TPSA) is 82.1 Å². The Hall–Kier alpha value is 0.000649. The Balaban J connectivity index is 2.65. The molecule has 0 spiro atoms. The molecule has 1 N–H and O–H groups in total. The lowest BCUT2D eigenvalue weighted by molar-refractivity contribution is -0.253. The van der Waals surface area contributed by atoms with Crippen LogP contribution >= 0.6 is 0 Å². The van der Waals surface area contributed by atoms with Gasteiger partial charge in [-0.05, 0) is 97.5 Å². The second kappa shape index (κ2) is 14.1. The molecule has 0 aromatic rings. The van der Waals surface area contributed by atoms with Gasteiger partial charge in [0.1, 0.15) is 13.7 Å². The van der Waals surface area contributed by atoms with Gasteiger partial charge in [0.25, 0.3) is 10.1 Å². The minimum Gasteiger partial charge on any atom is -0.416 e. The minimum atomic E-state index is -3.91. The fourth-order valence-corrected chi connectivity index (χ4v) is 11.5. The SMILES string of the molecule is CC(C)(CC[C@@H]1CC[C@H]2C(C)(C)[C@H](O[Si](C)(C)C(C)(C)C)CC[C@]2(C)[C@@]1(O)[C@@H](C#C[Si](C)(C)C)OS(C)(=O)=O)CO[Si](C)(C)C(C)(C)C. The lowest BCUT2D eigenvalue weighted by Gasteiger charge is -2.66. The third kappa shape index (κ3) is 9.90. The Morgan fingerprint density at radius 3 is 1.83 bits per heavy atom. The zero-order chi connectivity index (χ0) is 37.8. The lowest BCUT2D eigenvalue weighted by atomic mass is 9.42. The smallest absolute Gasteiger partial charge is 0.265 e. The van der Waals surface area contributed by atoms with E-state index in [2.05, 4.69) is 133 Å². The van der Waals surface area contributed by atoms with Crippen LogP contribution in [-0.2, 0) is 23.2 Å². The second-order valence-electron chi connectivity index (χ2n) is 21.2. The highest BCUT2D eigenvalue weighted by molar-refractivity contribution is 7.86. The molecule has 0 aromatic carbocycles. The maximum atomic E-state index is 13.5. The van der Waals surface area contributed by atoms with E-state index in [-0.39, 0.29) is 38.8 Å². The van der Waals surface area contributed by atoms with Crippen LogP contribution in [0.3, 0.4) is 0 Å². The second-order valence-corrected chi connectivity index (χ2v) is 37.2. The number of hydrogen-bond acceptors (Lipinski definition) is 6. The normalized spacial score (nSPS) is 29.9. The van der Waals surface area contributed by atoms with Crippen LogP contribution in [0.1, 0.15) is 115 Å². The molecule has 2 saturated carbocycles. The highest BCUT2D eigenvalue weighted by atomic mass is 32.2. The van der Waals surface area contributed by atoms with E-state index in [1.54, 1.807) is 0 Å². The fraction of sp³-hybridized carbons (Fsp3) is 0.947. The van der Waals surface area contributed by atoms with Crippen molar-refractivity contribution in [3.63, 3.8) is 0 Å². The summed E-state index contributed by atoms with van der Waals surface area (Å²) in [6.45, 7) is 41.3. The van der Waals surface area contributed by atoms with E-state index in [9.17, 15) is 13.5 Å². The first-order valence-electron chi connectivity index (χ1n) is 18.5. The van der Waals surface area contributed by atoms with E-state index in [4.69, 9.17) is 13.0 Å². The zero-order valence-electron chi connectivity index (χ0n) is 34.7. The van der Waals surface area contributed by atoms with Crippen LogP contribution in [0.2, 0.25) is 55.9 Å². The molecule has 0 radical (unpaired) electrons. The third-order valence-electron chi connectivity index (χ3n) is 13.1. The first kappa shape index (κ1) is 44.2. The Morgan fingerprint density at radius 1 is 0.854 bits per heavy atom. The number of rotatable bonds is 11. The van der Waals surface area contributed by atoms with E-state index >= 15 is 0 Å². The van der Waals surface area contributed by atoms with E-state index in [0.717, 1.165) is 44.8 Å². The highest BCUT2D eigenvalue weighted by Gasteiger charge is 2.68. The maximum absolute atomic E-state index is 13.5. The van der Waals surface area contributed by atoms with Crippen molar-refractivity contribution < 1.29 is 26.6 Å². The molecular weight excluding hydrogens is 669 g/mol. The van der Waals surface area contributed by atoms with Gasteiger partial charge in [-0.25, -0.2) is 0 Å². The van der Waals surface area contributed by atoms with E-state index in [1.165, 1.54) is 0 Å². The van der Waals surface area contributed by atoms with Gasteiger partial charge in [0.05, 0.1) is 12.4 Å². The van der Waals surface area contributed by atoms with Crippen molar-refractivity contribution in [1.82, 2.24) is 0 Å². The van der Waals surface area contributed by atoms with Gasteiger partial charge in [-0.3, -0.25) is 4.18 Å². The number of aliphatic hydroxyl groups is 1. The first-order chi connectivity index (χ1) is 21.0. The summed E-state index contributed by atoms with van der Waals surface area (Å²) in [5.41, 5.74) is 0.959. The molecule has 2 aliphatic rings. The molecule has 2 aliphatic carbocycles. The van der Waals surface area contributed by atoms with Crippen molar-refractivity contribution in [2.45, 2.75) is 188 Å². The van der Waals surface area contributed by atoms with E-state index < -0.39 is 51.9 Å². The van der Waals surface area contributed by atoms with E-state index in [0.29, 0.717) is 6.61 Å². The summed E-state index contributed by atoms with van der Waals surface area (Å²) in [6.07, 6.45) is 4.86. The molecule has 0 bridgehead atoms. The molecule has 48 heavy (non-hydrogen) atoms. The molecule has 0 aliphatic heterocycles. The molecule has 0 amide bonds. The number of hydrogen-bond donors (Lipinski definition) is 1. The van der Waals surface area contributed by atoms with Crippen LogP contribution in [0.5, 0.6) is 0 Å². The van der Waals surface area contributed by atoms with Crippen LogP contribution in [-0.4, -0.2) is 68.9 Å². The van der Waals surface area contributed by atoms with Crippen LogP contribution in [0, 0.1) is 39.5 Å². The van der Waals surface area contributed by atoms with Gasteiger partial charge in [-0.1, -0.05) is 102 Å².